The van der Waals surface area contributed by atoms with Crippen LogP contribution < -0.4 is 4.87 Å². The molecule has 2 N–H and O–H groups in total. The predicted molar refractivity (Wildman–Crippen MR) is 132 cm³/mol. The van der Waals surface area contributed by atoms with Gasteiger partial charge in [0.25, 0.3) is 0 Å². The number of carbonyl (C=O) groups is 3. The average molecular weight is 513 g/mol. The fraction of sp³-hybridized carbons (Fsp3) is 0.538. The first-order valence-electron chi connectivity index (χ1n) is 12.2. The van der Waals surface area contributed by atoms with E-state index in [-0.39, 0.29) is 57.9 Å². The van der Waals surface area contributed by atoms with Crippen molar-refractivity contribution in [2.75, 3.05) is 0 Å². The lowest BCUT2D eigenvalue weighted by molar-refractivity contribution is -0.156. The molecule has 9 heteroatoms. The number of rotatable bonds is 5. The Labute approximate surface area is 211 Å². The van der Waals surface area contributed by atoms with Gasteiger partial charge < -0.3 is 10.1 Å². The third-order valence-corrected chi connectivity index (χ3v) is 11.1. The molecule has 2 bridgehead atoms. The Hall–Kier alpha value is -2.39. The van der Waals surface area contributed by atoms with Gasteiger partial charge in [0.2, 0.25) is 11.8 Å². The summed E-state index contributed by atoms with van der Waals surface area (Å²) in [6.45, 7) is 5.85. The molecule has 7 nitrogen and oxygen atoms in total. The summed E-state index contributed by atoms with van der Waals surface area (Å²) in [5, 5.41) is 10.9. The van der Waals surface area contributed by atoms with Crippen LogP contribution in [-0.4, -0.2) is 44.1 Å². The number of aryl methyl sites for hydroxylation is 1. The summed E-state index contributed by atoms with van der Waals surface area (Å²) in [7, 11) is 0. The molecule has 2 amide bonds. The highest BCUT2D eigenvalue weighted by Crippen LogP contribution is 2.68. The van der Waals surface area contributed by atoms with Gasteiger partial charge in [-0.05, 0) is 49.0 Å². The van der Waals surface area contributed by atoms with Crippen LogP contribution in [0.4, 0.5) is 0 Å². The van der Waals surface area contributed by atoms with Gasteiger partial charge in [0.1, 0.15) is 6.04 Å². The van der Waals surface area contributed by atoms with E-state index in [2.05, 4.69) is 29.2 Å². The van der Waals surface area contributed by atoms with E-state index < -0.39 is 23.8 Å². The summed E-state index contributed by atoms with van der Waals surface area (Å²) < 4.78 is 0. The number of carboxylic acid groups (broad SMARTS) is 1. The molecule has 1 aromatic carbocycles. The molecule has 2 aliphatic carbocycles. The van der Waals surface area contributed by atoms with Gasteiger partial charge in [-0.2, -0.15) is 0 Å². The number of likely N-dealkylation sites (tertiary alicyclic amines) is 1. The second kappa shape index (κ2) is 8.06. The lowest BCUT2D eigenvalue weighted by Crippen LogP contribution is -2.47. The first-order chi connectivity index (χ1) is 16.7. The van der Waals surface area contributed by atoms with E-state index >= 15 is 0 Å². The maximum atomic E-state index is 13.7. The van der Waals surface area contributed by atoms with E-state index in [4.69, 9.17) is 0 Å². The molecule has 1 saturated heterocycles. The average Bonchev–Trinajstić information content (AvgIpc) is 3.52. The second-order valence-corrected chi connectivity index (χ2v) is 13.1. The maximum absolute atomic E-state index is 13.7. The Morgan fingerprint density at radius 3 is 2.40 bits per heavy atom. The molecule has 3 fully saturated rings. The van der Waals surface area contributed by atoms with Crippen LogP contribution in [-0.2, 0) is 14.4 Å². The van der Waals surface area contributed by atoms with Crippen LogP contribution in [0.15, 0.2) is 34.1 Å². The summed E-state index contributed by atoms with van der Waals surface area (Å²) in [6.07, 6.45) is 1.06. The number of thioether (sulfide) groups is 1. The fourth-order valence-electron chi connectivity index (χ4n) is 7.26. The van der Waals surface area contributed by atoms with Gasteiger partial charge in [0.15, 0.2) is 0 Å². The minimum Gasteiger partial charge on any atom is -0.480 e. The van der Waals surface area contributed by atoms with Gasteiger partial charge >= 0.3 is 10.8 Å². The number of aromatic nitrogens is 1. The number of amides is 2. The summed E-state index contributed by atoms with van der Waals surface area (Å²) in [5.74, 6) is -2.50. The van der Waals surface area contributed by atoms with Crippen molar-refractivity contribution in [2.45, 2.75) is 55.8 Å². The third-order valence-electron chi connectivity index (χ3n) is 8.49. The van der Waals surface area contributed by atoms with Gasteiger partial charge in [-0.3, -0.25) is 19.3 Å². The summed E-state index contributed by atoms with van der Waals surface area (Å²) in [4.78, 5) is 56.8. The van der Waals surface area contributed by atoms with E-state index in [9.17, 15) is 24.3 Å². The molecule has 8 atom stereocenters. The van der Waals surface area contributed by atoms with E-state index in [0.29, 0.717) is 0 Å². The Balaban J connectivity index is 1.42. The number of carbonyl (C=O) groups excluding carboxylic acids is 2. The Morgan fingerprint density at radius 1 is 1.11 bits per heavy atom. The molecule has 0 radical (unpaired) electrons. The number of aromatic amines is 1. The highest BCUT2D eigenvalue weighted by Gasteiger charge is 2.70. The van der Waals surface area contributed by atoms with Crippen LogP contribution in [0, 0.1) is 42.4 Å². The quantitative estimate of drug-likeness (QED) is 0.592. The van der Waals surface area contributed by atoms with Crippen molar-refractivity contribution in [3.8, 4) is 0 Å². The number of carboxylic acids is 1. The molecule has 184 valence electrons. The van der Waals surface area contributed by atoms with Crippen molar-refractivity contribution < 1.29 is 19.5 Å². The molecule has 2 aliphatic heterocycles. The van der Waals surface area contributed by atoms with Gasteiger partial charge in [-0.25, -0.2) is 4.79 Å². The summed E-state index contributed by atoms with van der Waals surface area (Å²) in [5.41, 5.74) is 2.28. The van der Waals surface area contributed by atoms with E-state index in [0.717, 1.165) is 32.4 Å². The first-order valence-corrected chi connectivity index (χ1v) is 13.9. The topological polar surface area (TPSA) is 108 Å². The first kappa shape index (κ1) is 23.0. The molecule has 6 rings (SSSR count). The lowest BCUT2D eigenvalue weighted by atomic mass is 9.68. The fourth-order valence-corrected chi connectivity index (χ4v) is 10.1. The zero-order valence-electron chi connectivity index (χ0n) is 19.8. The predicted octanol–water partition coefficient (Wildman–Crippen LogP) is 3.72. The van der Waals surface area contributed by atoms with Crippen molar-refractivity contribution in [3.05, 3.63) is 49.9 Å². The van der Waals surface area contributed by atoms with Crippen LogP contribution in [0.5, 0.6) is 0 Å². The zero-order valence-corrected chi connectivity index (χ0v) is 21.4. The zero-order chi connectivity index (χ0) is 24.8. The standard InChI is InChI=1S/C26H28N2O5S2/c1-10(2)8-15(25(31)32)28-23(29)18-13-9-14(19(18)24(28)30)20-17(13)16(12-6-4-11(3)5-7-12)21-22(34-20)27-26(33)35-21/h4-7,10,13-20H,8-9H2,1-3H3,(H,27,33)(H,31,32)/t13-,14+,15-,16-,17+,18+,19+,20-/m0/s1. The van der Waals surface area contributed by atoms with Crippen LogP contribution in [0.2, 0.25) is 0 Å². The van der Waals surface area contributed by atoms with Crippen molar-refractivity contribution in [3.63, 3.8) is 0 Å². The third kappa shape index (κ3) is 3.30. The minimum absolute atomic E-state index is 0.000514. The van der Waals surface area contributed by atoms with Gasteiger partial charge in [-0.1, -0.05) is 55.0 Å². The van der Waals surface area contributed by atoms with E-state index in [1.165, 1.54) is 11.3 Å². The number of fused-ring (bicyclic) bond motifs is 9. The molecule has 4 aliphatic rings. The van der Waals surface area contributed by atoms with Crippen molar-refractivity contribution in [1.82, 2.24) is 9.88 Å². The number of imide groups is 1. The van der Waals surface area contributed by atoms with E-state index in [1.807, 2.05) is 20.8 Å². The Kier molecular flexibility index (Phi) is 5.31. The van der Waals surface area contributed by atoms with E-state index in [1.54, 1.807) is 11.8 Å². The van der Waals surface area contributed by atoms with Crippen molar-refractivity contribution in [2.24, 2.45) is 35.5 Å². The smallest absolute Gasteiger partial charge is 0.326 e. The minimum atomic E-state index is -1.11. The van der Waals surface area contributed by atoms with Crippen LogP contribution in [0.25, 0.3) is 0 Å². The molecule has 2 aromatic rings. The van der Waals surface area contributed by atoms with Crippen molar-refractivity contribution in [1.29, 1.82) is 0 Å². The molecular formula is C26H28N2O5S2. The highest BCUT2D eigenvalue weighted by atomic mass is 32.2. The summed E-state index contributed by atoms with van der Waals surface area (Å²) in [6, 6.07) is 7.27. The normalized spacial score (nSPS) is 33.7. The van der Waals surface area contributed by atoms with Gasteiger partial charge in [-0.15, -0.1) is 11.8 Å². The monoisotopic (exact) mass is 512 g/mol. The molecular weight excluding hydrogens is 484 g/mol. The number of benzene rings is 1. The molecule has 35 heavy (non-hydrogen) atoms. The Bertz CT molecular complexity index is 1280. The van der Waals surface area contributed by atoms with Crippen LogP contribution in [0.1, 0.15) is 48.6 Å². The molecule has 0 spiro atoms. The van der Waals surface area contributed by atoms with Gasteiger partial charge in [0, 0.05) is 16.0 Å². The lowest BCUT2D eigenvalue weighted by Gasteiger charge is -2.43. The van der Waals surface area contributed by atoms with Gasteiger partial charge in [0.05, 0.1) is 16.9 Å². The van der Waals surface area contributed by atoms with Crippen molar-refractivity contribution >= 4 is 40.9 Å². The molecule has 3 heterocycles. The maximum Gasteiger partial charge on any atom is 0.326 e. The number of nitrogens with one attached hydrogen (secondary N) is 1. The number of nitrogens with zero attached hydrogens (tertiary/aromatic N) is 1. The number of aliphatic carboxylic acids is 1. The largest absolute Gasteiger partial charge is 0.480 e. The SMILES string of the molecule is Cc1ccc([C@@H]2c3sc(=O)[nH]c3S[C@H]3[C@@H]4C[C@H]([C@H]5C(=O)N([C@@H](CC(C)C)C(=O)O)C(=O)[C@H]45)[C@H]23)cc1. The number of hydrogen-bond acceptors (Lipinski definition) is 6. The number of hydrogen-bond donors (Lipinski definition) is 2. The second-order valence-electron chi connectivity index (χ2n) is 10.9. The highest BCUT2D eigenvalue weighted by molar-refractivity contribution is 8.00. The van der Waals surface area contributed by atoms with Crippen LogP contribution in [0.3, 0.4) is 0 Å². The number of H-pyrrole nitrogens is 1. The molecule has 1 aromatic heterocycles. The molecule has 2 saturated carbocycles. The number of thiazole rings is 1. The van der Waals surface area contributed by atoms with Crippen LogP contribution >= 0.6 is 23.1 Å². The molecule has 0 unspecified atom stereocenters. The Morgan fingerprint density at radius 2 is 1.77 bits per heavy atom. The summed E-state index contributed by atoms with van der Waals surface area (Å²) >= 11 is 2.89.